The van der Waals surface area contributed by atoms with Gasteiger partial charge in [0.1, 0.15) is 11.4 Å². The van der Waals surface area contributed by atoms with Gasteiger partial charge < -0.3 is 9.88 Å². The van der Waals surface area contributed by atoms with Crippen LogP contribution in [0.2, 0.25) is 10.0 Å². The van der Waals surface area contributed by atoms with Crippen molar-refractivity contribution < 1.29 is 4.79 Å². The Hall–Kier alpha value is -2.24. The van der Waals surface area contributed by atoms with Crippen LogP contribution >= 0.6 is 23.2 Å². The Kier molecular flexibility index (Phi) is 6.81. The number of rotatable bonds is 8. The third-order valence-electron chi connectivity index (χ3n) is 4.61. The molecule has 28 heavy (non-hydrogen) atoms. The summed E-state index contributed by atoms with van der Waals surface area (Å²) in [7, 11) is 1.95. The smallest absolute Gasteiger partial charge is 0.270 e. The van der Waals surface area contributed by atoms with E-state index in [4.69, 9.17) is 23.2 Å². The van der Waals surface area contributed by atoms with Crippen LogP contribution in [0.3, 0.4) is 0 Å². The van der Waals surface area contributed by atoms with Crippen molar-refractivity contribution in [1.29, 1.82) is 0 Å². The maximum absolute atomic E-state index is 12.9. The highest BCUT2D eigenvalue weighted by Gasteiger charge is 2.19. The standard InChI is InChI=1S/C21H24Cl2N4O/c1-3-4-5-6-11-24-21(28)20-14-18(19-8-7-12-26(19)2)25-27(20)15-9-10-16(22)17(23)13-15/h7-10,12-14H,3-6,11H2,1-2H3,(H,24,28). The second kappa shape index (κ2) is 9.30. The van der Waals surface area contributed by atoms with Crippen molar-refractivity contribution in [2.24, 2.45) is 7.05 Å². The second-order valence-corrected chi connectivity index (χ2v) is 7.56. The lowest BCUT2D eigenvalue weighted by molar-refractivity contribution is 0.0945. The molecular weight excluding hydrogens is 395 g/mol. The summed E-state index contributed by atoms with van der Waals surface area (Å²) in [5.41, 5.74) is 2.79. The van der Waals surface area contributed by atoms with E-state index in [9.17, 15) is 4.79 Å². The summed E-state index contributed by atoms with van der Waals surface area (Å²) in [4.78, 5) is 12.9. The van der Waals surface area contributed by atoms with Crippen LogP contribution in [-0.4, -0.2) is 26.8 Å². The SMILES string of the molecule is CCCCCCNC(=O)c1cc(-c2cccn2C)nn1-c1ccc(Cl)c(Cl)c1. The predicted octanol–water partition coefficient (Wildman–Crippen LogP) is 5.49. The van der Waals surface area contributed by atoms with Crippen molar-refractivity contribution in [2.45, 2.75) is 32.6 Å². The topological polar surface area (TPSA) is 51.9 Å². The van der Waals surface area contributed by atoms with Gasteiger partial charge in [0.05, 0.1) is 21.4 Å². The monoisotopic (exact) mass is 418 g/mol. The van der Waals surface area contributed by atoms with E-state index in [1.165, 1.54) is 6.42 Å². The first kappa shape index (κ1) is 20.5. The van der Waals surface area contributed by atoms with Crippen molar-refractivity contribution in [2.75, 3.05) is 6.54 Å². The largest absolute Gasteiger partial charge is 0.351 e. The van der Waals surface area contributed by atoms with Gasteiger partial charge in [-0.2, -0.15) is 5.10 Å². The first-order chi connectivity index (χ1) is 13.5. The maximum atomic E-state index is 12.9. The maximum Gasteiger partial charge on any atom is 0.270 e. The van der Waals surface area contributed by atoms with Gasteiger partial charge in [0.25, 0.3) is 5.91 Å². The fourth-order valence-electron chi connectivity index (χ4n) is 3.05. The predicted molar refractivity (Wildman–Crippen MR) is 114 cm³/mol. The molecule has 0 atom stereocenters. The number of amides is 1. The van der Waals surface area contributed by atoms with Gasteiger partial charge in [-0.1, -0.05) is 49.4 Å². The molecule has 0 saturated heterocycles. The molecule has 0 aliphatic heterocycles. The number of halogens is 2. The van der Waals surface area contributed by atoms with Gasteiger partial charge in [-0.25, -0.2) is 4.68 Å². The summed E-state index contributed by atoms with van der Waals surface area (Å²) in [5.74, 6) is -0.157. The summed E-state index contributed by atoms with van der Waals surface area (Å²) in [6.07, 6.45) is 6.36. The van der Waals surface area contributed by atoms with Crippen molar-refractivity contribution >= 4 is 29.1 Å². The molecule has 0 saturated carbocycles. The Morgan fingerprint density at radius 1 is 1.11 bits per heavy atom. The molecule has 5 nitrogen and oxygen atoms in total. The minimum atomic E-state index is -0.157. The normalized spacial score (nSPS) is 11.0. The van der Waals surface area contributed by atoms with Crippen LogP contribution in [0, 0.1) is 0 Å². The van der Waals surface area contributed by atoms with Gasteiger partial charge in [-0.15, -0.1) is 0 Å². The van der Waals surface area contributed by atoms with Crippen LogP contribution < -0.4 is 5.32 Å². The Morgan fingerprint density at radius 3 is 2.61 bits per heavy atom. The fourth-order valence-corrected chi connectivity index (χ4v) is 3.35. The van der Waals surface area contributed by atoms with E-state index in [1.54, 1.807) is 28.9 Å². The number of unbranched alkanes of at least 4 members (excludes halogenated alkanes) is 3. The lowest BCUT2D eigenvalue weighted by Gasteiger charge is -2.09. The third kappa shape index (κ3) is 4.59. The molecule has 0 bridgehead atoms. The second-order valence-electron chi connectivity index (χ2n) is 6.75. The molecule has 2 heterocycles. The minimum absolute atomic E-state index is 0.157. The molecule has 3 rings (SSSR count). The van der Waals surface area contributed by atoms with Gasteiger partial charge in [-0.3, -0.25) is 4.79 Å². The number of hydrogen-bond acceptors (Lipinski definition) is 2. The molecule has 0 spiro atoms. The average molecular weight is 419 g/mol. The highest BCUT2D eigenvalue weighted by atomic mass is 35.5. The van der Waals surface area contributed by atoms with Crippen LogP contribution in [0.4, 0.5) is 0 Å². The molecule has 7 heteroatoms. The zero-order chi connectivity index (χ0) is 20.1. The van der Waals surface area contributed by atoms with Crippen LogP contribution in [0.5, 0.6) is 0 Å². The number of nitrogens with one attached hydrogen (secondary N) is 1. The van der Waals surface area contributed by atoms with E-state index < -0.39 is 0 Å². The van der Waals surface area contributed by atoms with Crippen molar-refractivity contribution in [3.63, 3.8) is 0 Å². The Labute approximate surface area is 175 Å². The summed E-state index contributed by atoms with van der Waals surface area (Å²) in [5, 5.41) is 8.55. The van der Waals surface area contributed by atoms with Crippen molar-refractivity contribution in [1.82, 2.24) is 19.7 Å². The van der Waals surface area contributed by atoms with Gasteiger partial charge >= 0.3 is 0 Å². The van der Waals surface area contributed by atoms with Gasteiger partial charge in [0, 0.05) is 19.8 Å². The fraction of sp³-hybridized carbons (Fsp3) is 0.333. The number of benzene rings is 1. The Balaban J connectivity index is 1.92. The van der Waals surface area contributed by atoms with Crippen LogP contribution in [0.1, 0.15) is 43.1 Å². The highest BCUT2D eigenvalue weighted by Crippen LogP contribution is 2.27. The van der Waals surface area contributed by atoms with Crippen LogP contribution in [0.15, 0.2) is 42.6 Å². The van der Waals surface area contributed by atoms with Gasteiger partial charge in [0.2, 0.25) is 0 Å². The number of aromatic nitrogens is 3. The van der Waals surface area contributed by atoms with E-state index in [0.717, 1.165) is 30.7 Å². The quantitative estimate of drug-likeness (QED) is 0.491. The molecule has 0 unspecified atom stereocenters. The molecule has 0 aliphatic rings. The molecule has 2 aromatic heterocycles. The zero-order valence-corrected chi connectivity index (χ0v) is 17.6. The summed E-state index contributed by atoms with van der Waals surface area (Å²) >= 11 is 12.2. The molecule has 148 valence electrons. The first-order valence-corrected chi connectivity index (χ1v) is 10.2. The van der Waals surface area contributed by atoms with Crippen molar-refractivity contribution in [3.05, 3.63) is 58.3 Å². The summed E-state index contributed by atoms with van der Waals surface area (Å²) < 4.78 is 3.58. The molecule has 3 aromatic rings. The molecule has 0 aliphatic carbocycles. The van der Waals surface area contributed by atoms with E-state index in [2.05, 4.69) is 17.3 Å². The number of nitrogens with zero attached hydrogens (tertiary/aromatic N) is 3. The molecule has 1 aromatic carbocycles. The molecular formula is C21H24Cl2N4O. The lowest BCUT2D eigenvalue weighted by Crippen LogP contribution is -2.26. The van der Waals surface area contributed by atoms with Crippen molar-refractivity contribution in [3.8, 4) is 17.1 Å². The number of carbonyl (C=O) groups excluding carboxylic acids is 1. The molecule has 0 radical (unpaired) electrons. The summed E-state index contributed by atoms with van der Waals surface area (Å²) in [6.45, 7) is 2.81. The van der Waals surface area contributed by atoms with E-state index in [1.807, 2.05) is 29.9 Å². The van der Waals surface area contributed by atoms with Gasteiger partial charge in [-0.05, 0) is 42.8 Å². The van der Waals surface area contributed by atoms with Gasteiger partial charge in [0.15, 0.2) is 0 Å². The Bertz CT molecular complexity index is 961. The van der Waals surface area contributed by atoms with E-state index >= 15 is 0 Å². The van der Waals surface area contributed by atoms with Crippen LogP contribution in [0.25, 0.3) is 17.1 Å². The molecule has 1 amide bonds. The third-order valence-corrected chi connectivity index (χ3v) is 5.35. The Morgan fingerprint density at radius 2 is 1.93 bits per heavy atom. The number of hydrogen-bond donors (Lipinski definition) is 1. The van der Waals surface area contributed by atoms with E-state index in [-0.39, 0.29) is 5.91 Å². The first-order valence-electron chi connectivity index (χ1n) is 9.46. The molecule has 0 fully saturated rings. The minimum Gasteiger partial charge on any atom is -0.351 e. The number of carbonyl (C=O) groups is 1. The lowest BCUT2D eigenvalue weighted by atomic mass is 10.2. The zero-order valence-electron chi connectivity index (χ0n) is 16.1. The summed E-state index contributed by atoms with van der Waals surface area (Å²) in [6, 6.07) is 10.9. The van der Waals surface area contributed by atoms with Crippen LogP contribution in [-0.2, 0) is 7.05 Å². The van der Waals surface area contributed by atoms with E-state index in [0.29, 0.717) is 28.0 Å². The highest BCUT2D eigenvalue weighted by molar-refractivity contribution is 6.42. The molecule has 1 N–H and O–H groups in total. The average Bonchev–Trinajstić information content (AvgIpc) is 3.30. The number of aryl methyl sites for hydroxylation is 1.